The first-order valence-electron chi connectivity index (χ1n) is 5.59. The van der Waals surface area contributed by atoms with Gasteiger partial charge in [-0.3, -0.25) is 4.79 Å². The number of carbonyl (C=O) groups excluding carboxylic acids is 1. The van der Waals surface area contributed by atoms with Crippen LogP contribution in [0, 0.1) is 0 Å². The lowest BCUT2D eigenvalue weighted by atomic mass is 10.2. The molecule has 1 aromatic rings. The molecule has 1 saturated heterocycles. The van der Waals surface area contributed by atoms with E-state index >= 15 is 0 Å². The molecular formula is C11H12Cl2N2O3S. The molecule has 1 aliphatic rings. The third-order valence-corrected chi connectivity index (χ3v) is 5.56. The van der Waals surface area contributed by atoms with Crippen LogP contribution in [0.5, 0.6) is 0 Å². The van der Waals surface area contributed by atoms with Crippen LogP contribution in [0.4, 0.5) is 0 Å². The van der Waals surface area contributed by atoms with Crippen LogP contribution in [0.2, 0.25) is 10.2 Å². The Balaban J connectivity index is 2.17. The summed E-state index contributed by atoms with van der Waals surface area (Å²) in [7, 11) is -1.45. The van der Waals surface area contributed by atoms with E-state index in [0.29, 0.717) is 12.0 Å². The number of amides is 1. The van der Waals surface area contributed by atoms with Gasteiger partial charge in [0, 0.05) is 19.3 Å². The van der Waals surface area contributed by atoms with Crippen LogP contribution in [0.1, 0.15) is 16.8 Å². The summed E-state index contributed by atoms with van der Waals surface area (Å²) >= 11 is 11.5. The number of sulfone groups is 1. The number of aromatic nitrogens is 1. The Bertz CT molecular complexity index is 618. The lowest BCUT2D eigenvalue weighted by Crippen LogP contribution is -2.37. The normalized spacial score (nSPS) is 21.3. The Morgan fingerprint density at radius 2 is 2.16 bits per heavy atom. The van der Waals surface area contributed by atoms with E-state index in [-0.39, 0.29) is 33.6 Å². The molecule has 104 valence electrons. The first kappa shape index (κ1) is 14.6. The zero-order chi connectivity index (χ0) is 14.2. The minimum Gasteiger partial charge on any atom is -0.338 e. The van der Waals surface area contributed by atoms with Gasteiger partial charge in [-0.1, -0.05) is 23.2 Å². The molecule has 1 atom stereocenters. The van der Waals surface area contributed by atoms with E-state index < -0.39 is 9.84 Å². The van der Waals surface area contributed by atoms with Gasteiger partial charge in [0.25, 0.3) is 5.91 Å². The van der Waals surface area contributed by atoms with Gasteiger partial charge in [0.2, 0.25) is 0 Å². The summed E-state index contributed by atoms with van der Waals surface area (Å²) in [5.41, 5.74) is 0.293. The second kappa shape index (κ2) is 5.26. The van der Waals surface area contributed by atoms with E-state index in [1.807, 2.05) is 0 Å². The fourth-order valence-electron chi connectivity index (χ4n) is 1.99. The number of hydrogen-bond donors (Lipinski definition) is 0. The topological polar surface area (TPSA) is 67.3 Å². The van der Waals surface area contributed by atoms with E-state index in [2.05, 4.69) is 4.98 Å². The number of hydrogen-bond acceptors (Lipinski definition) is 4. The predicted molar refractivity (Wildman–Crippen MR) is 73.4 cm³/mol. The highest BCUT2D eigenvalue weighted by molar-refractivity contribution is 7.91. The van der Waals surface area contributed by atoms with E-state index in [9.17, 15) is 13.2 Å². The molecule has 1 aromatic heterocycles. The quantitative estimate of drug-likeness (QED) is 0.776. The second-order valence-corrected chi connectivity index (χ2v) is 7.46. The minimum absolute atomic E-state index is 0.00396. The molecule has 2 rings (SSSR count). The molecule has 0 N–H and O–H groups in total. The molecule has 0 aliphatic carbocycles. The van der Waals surface area contributed by atoms with Gasteiger partial charge in [0.05, 0.1) is 22.1 Å². The highest BCUT2D eigenvalue weighted by Crippen LogP contribution is 2.22. The van der Waals surface area contributed by atoms with E-state index in [0.717, 1.165) is 0 Å². The molecule has 1 amide bonds. The minimum atomic E-state index is -3.03. The first-order valence-corrected chi connectivity index (χ1v) is 8.16. The first-order chi connectivity index (χ1) is 8.80. The molecule has 1 unspecified atom stereocenters. The van der Waals surface area contributed by atoms with E-state index in [1.165, 1.54) is 17.2 Å². The average Bonchev–Trinajstić information content (AvgIpc) is 2.71. The highest BCUT2D eigenvalue weighted by Gasteiger charge is 2.33. The summed E-state index contributed by atoms with van der Waals surface area (Å²) in [5.74, 6) is -0.188. The molecule has 2 heterocycles. The summed E-state index contributed by atoms with van der Waals surface area (Å²) in [5, 5.41) is 0.323. The summed E-state index contributed by atoms with van der Waals surface area (Å²) in [4.78, 5) is 17.4. The van der Waals surface area contributed by atoms with Crippen LogP contribution >= 0.6 is 23.2 Å². The molecule has 0 bridgehead atoms. The average molecular weight is 323 g/mol. The van der Waals surface area contributed by atoms with Crippen molar-refractivity contribution >= 4 is 38.9 Å². The van der Waals surface area contributed by atoms with Gasteiger partial charge in [-0.15, -0.1) is 0 Å². The number of carbonyl (C=O) groups is 1. The standard InChI is InChI=1S/C11H12Cl2N2O3S/c1-15(8-2-3-19(17,18)6-8)11(16)7-4-9(12)10(13)14-5-7/h4-5,8H,2-3,6H2,1H3. The van der Waals surface area contributed by atoms with Crippen molar-refractivity contribution in [3.05, 3.63) is 28.0 Å². The van der Waals surface area contributed by atoms with Crippen molar-refractivity contribution < 1.29 is 13.2 Å². The highest BCUT2D eigenvalue weighted by atomic mass is 35.5. The van der Waals surface area contributed by atoms with Crippen LogP contribution in [0.15, 0.2) is 12.3 Å². The second-order valence-electron chi connectivity index (χ2n) is 4.47. The van der Waals surface area contributed by atoms with Gasteiger partial charge in [-0.05, 0) is 12.5 Å². The van der Waals surface area contributed by atoms with Crippen molar-refractivity contribution in [3.8, 4) is 0 Å². The zero-order valence-corrected chi connectivity index (χ0v) is 12.5. The summed E-state index contributed by atoms with van der Waals surface area (Å²) in [6.07, 6.45) is 1.79. The molecule has 0 radical (unpaired) electrons. The fraction of sp³-hybridized carbons (Fsp3) is 0.455. The van der Waals surface area contributed by atoms with Crippen molar-refractivity contribution in [2.45, 2.75) is 12.5 Å². The lowest BCUT2D eigenvalue weighted by Gasteiger charge is -2.23. The summed E-state index contributed by atoms with van der Waals surface area (Å²) in [6, 6.07) is 1.13. The molecular weight excluding hydrogens is 311 g/mol. The maximum atomic E-state index is 12.2. The summed E-state index contributed by atoms with van der Waals surface area (Å²) < 4.78 is 22.8. The predicted octanol–water partition coefficient (Wildman–Crippen LogP) is 1.65. The Hall–Kier alpha value is -0.850. The number of nitrogens with zero attached hydrogens (tertiary/aromatic N) is 2. The van der Waals surface area contributed by atoms with Crippen LogP contribution in [0.3, 0.4) is 0 Å². The third-order valence-electron chi connectivity index (χ3n) is 3.12. The van der Waals surface area contributed by atoms with E-state index in [1.54, 1.807) is 7.05 Å². The van der Waals surface area contributed by atoms with Gasteiger partial charge in [-0.2, -0.15) is 0 Å². The Kier molecular flexibility index (Phi) is 4.03. The van der Waals surface area contributed by atoms with Crippen LogP contribution in [0.25, 0.3) is 0 Å². The Morgan fingerprint density at radius 3 is 2.68 bits per heavy atom. The molecule has 1 fully saturated rings. The van der Waals surface area contributed by atoms with Gasteiger partial charge in [0.15, 0.2) is 9.84 Å². The van der Waals surface area contributed by atoms with Crippen molar-refractivity contribution in [1.29, 1.82) is 0 Å². The summed E-state index contributed by atoms with van der Waals surface area (Å²) in [6.45, 7) is 0. The Labute approximate surface area is 121 Å². The molecule has 19 heavy (non-hydrogen) atoms. The number of pyridine rings is 1. The van der Waals surface area contributed by atoms with Crippen molar-refractivity contribution in [2.24, 2.45) is 0 Å². The molecule has 8 heteroatoms. The maximum Gasteiger partial charge on any atom is 0.255 e. The Morgan fingerprint density at radius 1 is 1.47 bits per heavy atom. The lowest BCUT2D eigenvalue weighted by molar-refractivity contribution is 0.0747. The van der Waals surface area contributed by atoms with Gasteiger partial charge >= 0.3 is 0 Å². The third kappa shape index (κ3) is 3.19. The largest absolute Gasteiger partial charge is 0.338 e. The zero-order valence-electron chi connectivity index (χ0n) is 10.1. The molecule has 0 aromatic carbocycles. The molecule has 0 spiro atoms. The monoisotopic (exact) mass is 322 g/mol. The van der Waals surface area contributed by atoms with Crippen LogP contribution in [-0.2, 0) is 9.84 Å². The smallest absolute Gasteiger partial charge is 0.255 e. The van der Waals surface area contributed by atoms with Crippen molar-refractivity contribution in [2.75, 3.05) is 18.6 Å². The fourth-order valence-corrected chi connectivity index (χ4v) is 4.03. The number of halogens is 2. The maximum absolute atomic E-state index is 12.2. The van der Waals surface area contributed by atoms with Gasteiger partial charge in [0.1, 0.15) is 5.15 Å². The molecule has 5 nitrogen and oxygen atoms in total. The van der Waals surface area contributed by atoms with Gasteiger partial charge < -0.3 is 4.90 Å². The number of rotatable bonds is 2. The van der Waals surface area contributed by atoms with Crippen molar-refractivity contribution in [3.63, 3.8) is 0 Å². The van der Waals surface area contributed by atoms with Crippen LogP contribution in [-0.4, -0.2) is 48.8 Å². The SMILES string of the molecule is CN(C(=O)c1cnc(Cl)c(Cl)c1)C1CCS(=O)(=O)C1. The van der Waals surface area contributed by atoms with Crippen molar-refractivity contribution in [1.82, 2.24) is 9.88 Å². The van der Waals surface area contributed by atoms with Crippen LogP contribution < -0.4 is 0 Å². The molecule has 1 aliphatic heterocycles. The van der Waals surface area contributed by atoms with E-state index in [4.69, 9.17) is 23.2 Å². The molecule has 0 saturated carbocycles. The van der Waals surface area contributed by atoms with Gasteiger partial charge in [-0.25, -0.2) is 13.4 Å².